The first-order valence-corrected chi connectivity index (χ1v) is 10.6. The molecule has 2 aromatic carbocycles. The molecule has 0 unspecified atom stereocenters. The molecule has 0 aliphatic carbocycles. The van der Waals surface area contributed by atoms with Gasteiger partial charge >= 0.3 is 0 Å². The molecule has 3 nitrogen and oxygen atoms in total. The Labute approximate surface area is 173 Å². The molecule has 0 spiro atoms. The number of nitrogens with two attached hydrogens (primary N) is 1. The number of hydrogen-bond donors (Lipinski definition) is 1. The Morgan fingerprint density at radius 3 is 2.52 bits per heavy atom. The van der Waals surface area contributed by atoms with Gasteiger partial charge in [-0.3, -0.25) is 0 Å². The van der Waals surface area contributed by atoms with Crippen molar-refractivity contribution in [1.29, 1.82) is 0 Å². The molecule has 0 atom stereocenters. The molecule has 2 heterocycles. The number of aromatic nitrogens is 1. The third-order valence-electron chi connectivity index (χ3n) is 5.20. The number of likely N-dealkylation sites (tertiary alicyclic amines) is 1. The number of benzene rings is 2. The highest BCUT2D eigenvalue weighted by molar-refractivity contribution is 7.15. The summed E-state index contributed by atoms with van der Waals surface area (Å²) in [6.07, 6.45) is 4.96. The standard InChI is InChI=1S/C23H23F2N3S/c24-19-6-4-18(5-7-19)22-21(29-23(26)27-22)10-13-28-11-8-16(9-12-28)14-17-2-1-3-20(25)15-17/h1-7,14-15H,8-13H2,(H2,26,27). The zero-order chi connectivity index (χ0) is 20.2. The number of piperidine rings is 1. The minimum atomic E-state index is -0.256. The van der Waals surface area contributed by atoms with Crippen molar-refractivity contribution in [2.75, 3.05) is 25.4 Å². The third-order valence-corrected chi connectivity index (χ3v) is 6.15. The van der Waals surface area contributed by atoms with Crippen LogP contribution in [-0.2, 0) is 6.42 Å². The van der Waals surface area contributed by atoms with Crippen LogP contribution in [0.5, 0.6) is 0 Å². The van der Waals surface area contributed by atoms with Crippen LogP contribution in [0.1, 0.15) is 23.3 Å². The Kier molecular flexibility index (Phi) is 6.02. The van der Waals surface area contributed by atoms with E-state index < -0.39 is 0 Å². The number of nitrogen functional groups attached to an aromatic ring is 1. The first kappa shape index (κ1) is 19.7. The average molecular weight is 412 g/mol. The van der Waals surface area contributed by atoms with Crippen LogP contribution < -0.4 is 5.73 Å². The van der Waals surface area contributed by atoms with Crippen molar-refractivity contribution in [2.24, 2.45) is 0 Å². The lowest BCUT2D eigenvalue weighted by atomic mass is 10.0. The van der Waals surface area contributed by atoms with Gasteiger partial charge in [-0.05, 0) is 61.2 Å². The molecule has 2 N–H and O–H groups in total. The largest absolute Gasteiger partial charge is 0.375 e. The van der Waals surface area contributed by atoms with E-state index in [1.165, 1.54) is 35.1 Å². The van der Waals surface area contributed by atoms with Gasteiger partial charge in [-0.1, -0.05) is 23.8 Å². The van der Waals surface area contributed by atoms with E-state index >= 15 is 0 Å². The summed E-state index contributed by atoms with van der Waals surface area (Å²) in [7, 11) is 0. The highest BCUT2D eigenvalue weighted by Gasteiger charge is 2.17. The number of halogens is 2. The molecule has 3 aromatic rings. The highest BCUT2D eigenvalue weighted by atomic mass is 32.1. The summed E-state index contributed by atoms with van der Waals surface area (Å²) in [6.45, 7) is 2.91. The number of rotatable bonds is 5. The number of hydrogen-bond acceptors (Lipinski definition) is 4. The third kappa shape index (κ3) is 5.08. The molecule has 4 rings (SSSR count). The van der Waals surface area contributed by atoms with Gasteiger partial charge in [-0.2, -0.15) is 0 Å². The molecule has 0 bridgehead atoms. The molecule has 1 fully saturated rings. The summed E-state index contributed by atoms with van der Waals surface area (Å²) in [5.41, 5.74) is 9.99. The smallest absolute Gasteiger partial charge is 0.180 e. The van der Waals surface area contributed by atoms with Crippen LogP contribution in [0.25, 0.3) is 17.3 Å². The van der Waals surface area contributed by atoms with E-state index in [4.69, 9.17) is 5.73 Å². The van der Waals surface area contributed by atoms with E-state index in [-0.39, 0.29) is 11.6 Å². The molecule has 150 valence electrons. The number of nitrogens with zero attached hydrogens (tertiary/aromatic N) is 2. The van der Waals surface area contributed by atoms with Gasteiger partial charge in [0.1, 0.15) is 11.6 Å². The summed E-state index contributed by atoms with van der Waals surface area (Å²) in [4.78, 5) is 8.03. The molecular formula is C23H23F2N3S. The summed E-state index contributed by atoms with van der Waals surface area (Å²) >= 11 is 1.50. The lowest BCUT2D eigenvalue weighted by Crippen LogP contribution is -2.32. The molecule has 1 aromatic heterocycles. The first-order chi connectivity index (χ1) is 14.1. The predicted octanol–water partition coefficient (Wildman–Crippen LogP) is 5.39. The van der Waals surface area contributed by atoms with Crippen molar-refractivity contribution in [3.05, 3.63) is 76.2 Å². The topological polar surface area (TPSA) is 42.1 Å². The molecule has 0 saturated carbocycles. The van der Waals surface area contributed by atoms with E-state index in [0.29, 0.717) is 5.13 Å². The normalized spacial score (nSPS) is 14.9. The van der Waals surface area contributed by atoms with E-state index in [0.717, 1.165) is 60.6 Å². The molecule has 6 heteroatoms. The average Bonchev–Trinajstić information content (AvgIpc) is 3.09. The van der Waals surface area contributed by atoms with Crippen LogP contribution in [0.15, 0.2) is 54.1 Å². The van der Waals surface area contributed by atoms with Gasteiger partial charge in [0.05, 0.1) is 5.69 Å². The second-order valence-corrected chi connectivity index (χ2v) is 8.40. The van der Waals surface area contributed by atoms with E-state index in [2.05, 4.69) is 16.0 Å². The van der Waals surface area contributed by atoms with Crippen LogP contribution in [0, 0.1) is 11.6 Å². The molecule has 0 radical (unpaired) electrons. The van der Waals surface area contributed by atoms with Crippen LogP contribution in [0.4, 0.5) is 13.9 Å². The second kappa shape index (κ2) is 8.84. The van der Waals surface area contributed by atoms with Gasteiger partial charge in [-0.15, -0.1) is 11.3 Å². The highest BCUT2D eigenvalue weighted by Crippen LogP contribution is 2.31. The van der Waals surface area contributed by atoms with Crippen LogP contribution in [-0.4, -0.2) is 29.5 Å². The predicted molar refractivity (Wildman–Crippen MR) is 116 cm³/mol. The van der Waals surface area contributed by atoms with Gasteiger partial charge in [0, 0.05) is 30.1 Å². The maximum absolute atomic E-state index is 13.4. The Bertz CT molecular complexity index is 1000. The van der Waals surface area contributed by atoms with Crippen molar-refractivity contribution in [2.45, 2.75) is 19.3 Å². The number of thiazole rings is 1. The fraction of sp³-hybridized carbons (Fsp3) is 0.261. The Hall–Kier alpha value is -2.57. The maximum atomic E-state index is 13.4. The van der Waals surface area contributed by atoms with Crippen LogP contribution in [0.3, 0.4) is 0 Å². The molecule has 29 heavy (non-hydrogen) atoms. The SMILES string of the molecule is Nc1nc(-c2ccc(F)cc2)c(CCN2CCC(=Cc3cccc(F)c3)CC2)s1. The summed E-state index contributed by atoms with van der Waals surface area (Å²) < 4.78 is 26.6. The fourth-order valence-electron chi connectivity index (χ4n) is 3.67. The van der Waals surface area contributed by atoms with Crippen LogP contribution in [0.2, 0.25) is 0 Å². The van der Waals surface area contributed by atoms with Crippen molar-refractivity contribution < 1.29 is 8.78 Å². The Balaban J connectivity index is 1.36. The van der Waals surface area contributed by atoms with Gasteiger partial charge in [0.15, 0.2) is 5.13 Å². The Morgan fingerprint density at radius 2 is 1.79 bits per heavy atom. The lowest BCUT2D eigenvalue weighted by molar-refractivity contribution is 0.261. The summed E-state index contributed by atoms with van der Waals surface area (Å²) in [5.74, 6) is -0.452. The van der Waals surface area contributed by atoms with Gasteiger partial charge in [0.2, 0.25) is 0 Å². The lowest BCUT2D eigenvalue weighted by Gasteiger charge is -2.28. The zero-order valence-corrected chi connectivity index (χ0v) is 16.9. The van der Waals surface area contributed by atoms with Crippen molar-refractivity contribution in [1.82, 2.24) is 9.88 Å². The fourth-order valence-corrected chi connectivity index (χ4v) is 4.52. The van der Waals surface area contributed by atoms with Gasteiger partial charge in [0.25, 0.3) is 0 Å². The monoisotopic (exact) mass is 411 g/mol. The van der Waals surface area contributed by atoms with Crippen molar-refractivity contribution in [3.8, 4) is 11.3 Å². The summed E-state index contributed by atoms with van der Waals surface area (Å²) in [5, 5.41) is 0.540. The first-order valence-electron chi connectivity index (χ1n) is 9.75. The maximum Gasteiger partial charge on any atom is 0.180 e. The quantitative estimate of drug-likeness (QED) is 0.612. The number of anilines is 1. The minimum Gasteiger partial charge on any atom is -0.375 e. The van der Waals surface area contributed by atoms with E-state index in [1.807, 2.05) is 6.07 Å². The van der Waals surface area contributed by atoms with Gasteiger partial charge in [-0.25, -0.2) is 13.8 Å². The zero-order valence-electron chi connectivity index (χ0n) is 16.1. The minimum absolute atomic E-state index is 0.197. The van der Waals surface area contributed by atoms with Crippen LogP contribution >= 0.6 is 11.3 Å². The van der Waals surface area contributed by atoms with Gasteiger partial charge < -0.3 is 10.6 Å². The Morgan fingerprint density at radius 1 is 1.03 bits per heavy atom. The summed E-state index contributed by atoms with van der Waals surface area (Å²) in [6, 6.07) is 13.1. The molecular weight excluding hydrogens is 388 g/mol. The molecule has 0 amide bonds. The molecule has 1 saturated heterocycles. The van der Waals surface area contributed by atoms with Crippen molar-refractivity contribution in [3.63, 3.8) is 0 Å². The molecule has 1 aliphatic heterocycles. The van der Waals surface area contributed by atoms with E-state index in [9.17, 15) is 8.78 Å². The van der Waals surface area contributed by atoms with Crippen molar-refractivity contribution >= 4 is 22.5 Å². The molecule has 1 aliphatic rings. The van der Waals surface area contributed by atoms with E-state index in [1.54, 1.807) is 24.3 Å². The second-order valence-electron chi connectivity index (χ2n) is 7.28.